The summed E-state index contributed by atoms with van der Waals surface area (Å²) in [6, 6.07) is 9.04. The molecule has 5 rings (SSSR count). The molecule has 4 aromatic heterocycles. The highest BCUT2D eigenvalue weighted by atomic mass is 16.5. The number of aryl methyl sites for hydroxylation is 1. The van der Waals surface area contributed by atoms with Crippen LogP contribution in [0.5, 0.6) is 0 Å². The first kappa shape index (κ1) is 21.2. The Morgan fingerprint density at radius 1 is 1.15 bits per heavy atom. The maximum Gasteiger partial charge on any atom is 0.272 e. The monoisotopic (exact) mass is 459 g/mol. The van der Waals surface area contributed by atoms with Crippen LogP contribution < -0.4 is 16.2 Å². The molecule has 0 bridgehead atoms. The zero-order valence-electron chi connectivity index (χ0n) is 18.1. The number of benzene rings is 1. The van der Waals surface area contributed by atoms with Gasteiger partial charge in [0.25, 0.3) is 5.56 Å². The minimum atomic E-state index is -0.225. The number of anilines is 1. The van der Waals surface area contributed by atoms with Crippen molar-refractivity contribution in [3.63, 3.8) is 0 Å². The third kappa shape index (κ3) is 4.46. The second-order valence-electron chi connectivity index (χ2n) is 7.54. The lowest BCUT2D eigenvalue weighted by molar-refractivity contribution is -0.121. The molecule has 5 aromatic rings. The highest BCUT2D eigenvalue weighted by Gasteiger charge is 2.15. The van der Waals surface area contributed by atoms with Gasteiger partial charge in [-0.1, -0.05) is 23.4 Å². The Kier molecular flexibility index (Phi) is 5.93. The number of hydrogen-bond donors (Lipinski definition) is 3. The molecule has 12 nitrogen and oxygen atoms in total. The summed E-state index contributed by atoms with van der Waals surface area (Å²) in [6.45, 7) is 1.08. The molecule has 0 unspecified atom stereocenters. The van der Waals surface area contributed by atoms with Crippen molar-refractivity contribution in [1.29, 1.82) is 0 Å². The van der Waals surface area contributed by atoms with Gasteiger partial charge in [-0.2, -0.15) is 15.2 Å². The quantitative estimate of drug-likeness (QED) is 0.278. The zero-order valence-corrected chi connectivity index (χ0v) is 18.1. The fourth-order valence-corrected chi connectivity index (χ4v) is 3.53. The number of H-pyrrole nitrogens is 1. The van der Waals surface area contributed by atoms with E-state index in [4.69, 9.17) is 4.52 Å². The van der Waals surface area contributed by atoms with Crippen LogP contribution in [0.15, 0.2) is 58.2 Å². The summed E-state index contributed by atoms with van der Waals surface area (Å²) in [4.78, 5) is 32.7. The van der Waals surface area contributed by atoms with Crippen LogP contribution in [0.25, 0.3) is 27.8 Å². The molecule has 4 heterocycles. The van der Waals surface area contributed by atoms with Gasteiger partial charge >= 0.3 is 0 Å². The summed E-state index contributed by atoms with van der Waals surface area (Å²) >= 11 is 0. The average molecular weight is 459 g/mol. The topological polar surface area (TPSA) is 156 Å². The van der Waals surface area contributed by atoms with E-state index in [9.17, 15) is 9.59 Å². The first-order valence-corrected chi connectivity index (χ1v) is 10.8. The van der Waals surface area contributed by atoms with Gasteiger partial charge in [0, 0.05) is 43.7 Å². The van der Waals surface area contributed by atoms with Gasteiger partial charge < -0.3 is 15.2 Å². The highest BCUT2D eigenvalue weighted by Crippen LogP contribution is 2.20. The van der Waals surface area contributed by atoms with E-state index in [1.807, 2.05) is 18.2 Å². The Labute approximate surface area is 192 Å². The fraction of sp³-hybridized carbons (Fsp3) is 0.227. The zero-order chi connectivity index (χ0) is 23.3. The molecule has 0 spiro atoms. The molecule has 0 saturated carbocycles. The van der Waals surface area contributed by atoms with Crippen LogP contribution in [-0.4, -0.2) is 53.9 Å². The molecular weight excluding hydrogens is 438 g/mol. The Morgan fingerprint density at radius 3 is 2.94 bits per heavy atom. The van der Waals surface area contributed by atoms with Gasteiger partial charge in [0.1, 0.15) is 0 Å². The summed E-state index contributed by atoms with van der Waals surface area (Å²) < 4.78 is 6.90. The number of fused-ring (bicyclic) bond motifs is 2. The number of nitrogens with zero attached hydrogens (tertiary/aromatic N) is 6. The van der Waals surface area contributed by atoms with Crippen LogP contribution in [-0.2, 0) is 11.2 Å². The third-order valence-electron chi connectivity index (χ3n) is 5.22. The first-order chi connectivity index (χ1) is 16.7. The van der Waals surface area contributed by atoms with Crippen LogP contribution >= 0.6 is 0 Å². The standard InChI is InChI=1S/C22H21N9O3/c32-17(23-9-3-10-24-19-14-5-1-2-6-15(14)22(33)29-28-19)7-8-18-27-20(30-34-18)16-13-26-31-12-4-11-25-21(16)31/h1-2,4-6,11-13H,3,7-10H2,(H,23,32)(H,24,28)(H,29,33). The Morgan fingerprint density at radius 2 is 2.03 bits per heavy atom. The van der Waals surface area contributed by atoms with Crippen molar-refractivity contribution in [2.45, 2.75) is 19.3 Å². The number of aromatic amines is 1. The molecular formula is C22H21N9O3. The van der Waals surface area contributed by atoms with E-state index >= 15 is 0 Å². The normalized spacial score (nSPS) is 11.2. The molecule has 1 amide bonds. The number of aromatic nitrogens is 7. The van der Waals surface area contributed by atoms with Gasteiger partial charge in [-0.3, -0.25) is 9.59 Å². The fourth-order valence-electron chi connectivity index (χ4n) is 3.53. The molecule has 0 atom stereocenters. The SMILES string of the molecule is O=C(CCc1nc(-c2cnn3cccnc23)no1)NCCCNc1n[nH]c(=O)c2ccccc12. The van der Waals surface area contributed by atoms with Crippen molar-refractivity contribution in [1.82, 2.24) is 40.3 Å². The molecule has 0 aliphatic rings. The lowest BCUT2D eigenvalue weighted by atomic mass is 10.2. The number of nitrogens with one attached hydrogen (secondary N) is 3. The van der Waals surface area contributed by atoms with Crippen LogP contribution in [0.4, 0.5) is 5.82 Å². The van der Waals surface area contributed by atoms with Crippen molar-refractivity contribution in [2.75, 3.05) is 18.4 Å². The molecule has 172 valence electrons. The van der Waals surface area contributed by atoms with E-state index in [1.165, 1.54) is 0 Å². The highest BCUT2D eigenvalue weighted by molar-refractivity contribution is 5.90. The number of carbonyl (C=O) groups is 1. The number of rotatable bonds is 9. The lowest BCUT2D eigenvalue weighted by Crippen LogP contribution is -2.26. The maximum absolute atomic E-state index is 12.2. The smallest absolute Gasteiger partial charge is 0.272 e. The van der Waals surface area contributed by atoms with Crippen molar-refractivity contribution < 1.29 is 9.32 Å². The lowest BCUT2D eigenvalue weighted by Gasteiger charge is -2.08. The molecule has 0 saturated heterocycles. The molecule has 0 radical (unpaired) electrons. The molecule has 1 aromatic carbocycles. The predicted molar refractivity (Wildman–Crippen MR) is 123 cm³/mol. The minimum absolute atomic E-state index is 0.106. The van der Waals surface area contributed by atoms with E-state index in [1.54, 1.807) is 35.2 Å². The van der Waals surface area contributed by atoms with Gasteiger partial charge in [-0.15, -0.1) is 0 Å². The van der Waals surface area contributed by atoms with Gasteiger partial charge in [-0.05, 0) is 18.6 Å². The van der Waals surface area contributed by atoms with Crippen LogP contribution in [0, 0.1) is 0 Å². The van der Waals surface area contributed by atoms with Gasteiger partial charge in [0.05, 0.1) is 17.1 Å². The van der Waals surface area contributed by atoms with E-state index in [0.29, 0.717) is 60.1 Å². The summed E-state index contributed by atoms with van der Waals surface area (Å²) in [7, 11) is 0. The summed E-state index contributed by atoms with van der Waals surface area (Å²) in [5.74, 6) is 1.26. The molecule has 0 fully saturated rings. The number of carbonyl (C=O) groups excluding carboxylic acids is 1. The van der Waals surface area contributed by atoms with E-state index < -0.39 is 0 Å². The van der Waals surface area contributed by atoms with Gasteiger partial charge in [-0.25, -0.2) is 14.6 Å². The second kappa shape index (κ2) is 9.48. The first-order valence-electron chi connectivity index (χ1n) is 10.8. The number of amides is 1. The van der Waals surface area contributed by atoms with Crippen molar-refractivity contribution in [3.8, 4) is 11.4 Å². The second-order valence-corrected chi connectivity index (χ2v) is 7.54. The Bertz CT molecular complexity index is 1500. The maximum atomic E-state index is 12.2. The van der Waals surface area contributed by atoms with Crippen LogP contribution in [0.3, 0.4) is 0 Å². The average Bonchev–Trinajstić information content (AvgIpc) is 3.51. The Balaban J connectivity index is 1.07. The van der Waals surface area contributed by atoms with Gasteiger partial charge in [0.15, 0.2) is 11.5 Å². The molecule has 34 heavy (non-hydrogen) atoms. The van der Waals surface area contributed by atoms with E-state index in [2.05, 4.69) is 41.1 Å². The molecule has 12 heteroatoms. The minimum Gasteiger partial charge on any atom is -0.368 e. The molecule has 0 aliphatic heterocycles. The molecule has 0 aliphatic carbocycles. The predicted octanol–water partition coefficient (Wildman–Crippen LogP) is 1.57. The summed E-state index contributed by atoms with van der Waals surface area (Å²) in [5, 5.41) is 22.2. The van der Waals surface area contributed by atoms with Crippen molar-refractivity contribution >= 4 is 28.1 Å². The third-order valence-corrected chi connectivity index (χ3v) is 5.22. The summed E-state index contributed by atoms with van der Waals surface area (Å²) in [6.07, 6.45) is 6.33. The number of hydrogen-bond acceptors (Lipinski definition) is 9. The van der Waals surface area contributed by atoms with E-state index in [-0.39, 0.29) is 17.9 Å². The largest absolute Gasteiger partial charge is 0.368 e. The van der Waals surface area contributed by atoms with Crippen LogP contribution in [0.1, 0.15) is 18.7 Å². The van der Waals surface area contributed by atoms with Crippen molar-refractivity contribution in [3.05, 3.63) is 65.2 Å². The molecule has 3 N–H and O–H groups in total. The van der Waals surface area contributed by atoms with E-state index in [0.717, 1.165) is 5.39 Å². The van der Waals surface area contributed by atoms with Crippen molar-refractivity contribution in [2.24, 2.45) is 0 Å². The van der Waals surface area contributed by atoms with Gasteiger partial charge in [0.2, 0.25) is 17.6 Å². The van der Waals surface area contributed by atoms with Crippen LogP contribution in [0.2, 0.25) is 0 Å². The summed E-state index contributed by atoms with van der Waals surface area (Å²) in [5.41, 5.74) is 1.07. The Hall–Kier alpha value is -4.61.